The monoisotopic (exact) mass is 532 g/mol. The number of carbonyl (C=O) groups excluding carboxylic acids is 4. The maximum Gasteiger partial charge on any atom is 0.326 e. The van der Waals surface area contributed by atoms with Crippen molar-refractivity contribution in [1.29, 1.82) is 0 Å². The maximum absolute atomic E-state index is 14.0. The predicted molar refractivity (Wildman–Crippen MR) is 137 cm³/mol. The predicted octanol–water partition coefficient (Wildman–Crippen LogP) is 4.27. The SMILES string of the molecule is CC(=O)c1cn(CC(=O)OC(C)(C)C)c2cc(CC(=O)N3CCCC(F)(F)C3)c(NC(=O)NC3CC3)cc12. The number of nitrogens with zero attached hydrogens (tertiary/aromatic N) is 2. The van der Waals surface area contributed by atoms with Crippen molar-refractivity contribution in [2.75, 3.05) is 18.4 Å². The van der Waals surface area contributed by atoms with Crippen molar-refractivity contribution < 1.29 is 32.7 Å². The van der Waals surface area contributed by atoms with Crippen LogP contribution in [0.15, 0.2) is 18.3 Å². The highest BCUT2D eigenvalue weighted by Crippen LogP contribution is 2.32. The molecule has 1 aliphatic carbocycles. The van der Waals surface area contributed by atoms with Gasteiger partial charge in [-0.15, -0.1) is 0 Å². The normalized spacial score (nSPS) is 17.3. The highest BCUT2D eigenvalue weighted by molar-refractivity contribution is 6.09. The van der Waals surface area contributed by atoms with Gasteiger partial charge in [0.15, 0.2) is 5.78 Å². The van der Waals surface area contributed by atoms with Crippen LogP contribution in [0, 0.1) is 0 Å². The van der Waals surface area contributed by atoms with E-state index in [2.05, 4.69) is 10.6 Å². The lowest BCUT2D eigenvalue weighted by Gasteiger charge is -2.32. The number of Topliss-reactive ketones (excluding diaryl/α,β-unsaturated/α-hetero) is 1. The molecule has 0 radical (unpaired) electrons. The third-order valence-corrected chi connectivity index (χ3v) is 6.45. The zero-order chi connectivity index (χ0) is 27.8. The Labute approximate surface area is 219 Å². The molecule has 0 unspecified atom stereocenters. The van der Waals surface area contributed by atoms with Gasteiger partial charge in [0.1, 0.15) is 12.1 Å². The van der Waals surface area contributed by atoms with Gasteiger partial charge in [0.2, 0.25) is 5.91 Å². The summed E-state index contributed by atoms with van der Waals surface area (Å²) in [4.78, 5) is 51.8. The van der Waals surface area contributed by atoms with Crippen LogP contribution in [0.4, 0.5) is 19.3 Å². The van der Waals surface area contributed by atoms with Gasteiger partial charge in [-0.25, -0.2) is 13.6 Å². The molecule has 1 aromatic carbocycles. The number of carbonyl (C=O) groups is 4. The molecule has 2 aliphatic rings. The summed E-state index contributed by atoms with van der Waals surface area (Å²) in [5.41, 5.74) is 0.804. The molecule has 38 heavy (non-hydrogen) atoms. The summed E-state index contributed by atoms with van der Waals surface area (Å²) in [5.74, 6) is -4.19. The summed E-state index contributed by atoms with van der Waals surface area (Å²) < 4.78 is 34.9. The van der Waals surface area contributed by atoms with Crippen LogP contribution in [0.2, 0.25) is 0 Å². The summed E-state index contributed by atoms with van der Waals surface area (Å²) in [7, 11) is 0. The van der Waals surface area contributed by atoms with Crippen molar-refractivity contribution in [3.8, 4) is 0 Å². The smallest absolute Gasteiger partial charge is 0.326 e. The van der Waals surface area contributed by atoms with Crippen LogP contribution in [0.1, 0.15) is 69.3 Å². The minimum atomic E-state index is -2.94. The zero-order valence-electron chi connectivity index (χ0n) is 22.2. The van der Waals surface area contributed by atoms with Crippen LogP contribution < -0.4 is 10.6 Å². The molecule has 11 heteroatoms. The van der Waals surface area contributed by atoms with Gasteiger partial charge >= 0.3 is 12.0 Å². The number of ether oxygens (including phenoxy) is 1. The van der Waals surface area contributed by atoms with E-state index in [9.17, 15) is 28.0 Å². The Morgan fingerprint density at radius 1 is 1.16 bits per heavy atom. The number of urea groups is 1. The van der Waals surface area contributed by atoms with Gasteiger partial charge in [-0.2, -0.15) is 0 Å². The molecule has 0 spiro atoms. The summed E-state index contributed by atoms with van der Waals surface area (Å²) >= 11 is 0. The van der Waals surface area contributed by atoms with Gasteiger partial charge < -0.3 is 24.8 Å². The summed E-state index contributed by atoms with van der Waals surface area (Å²) in [6.45, 7) is 6.04. The lowest BCUT2D eigenvalue weighted by Crippen LogP contribution is -2.46. The number of amides is 3. The molecule has 2 heterocycles. The minimum Gasteiger partial charge on any atom is -0.459 e. The number of fused-ring (bicyclic) bond motifs is 1. The van der Waals surface area contributed by atoms with E-state index in [0.29, 0.717) is 27.7 Å². The first kappa shape index (κ1) is 27.5. The quantitative estimate of drug-likeness (QED) is 0.409. The van der Waals surface area contributed by atoms with Crippen LogP contribution in [0.25, 0.3) is 10.9 Å². The number of benzene rings is 1. The highest BCUT2D eigenvalue weighted by atomic mass is 19.3. The fourth-order valence-electron chi connectivity index (χ4n) is 4.59. The molecule has 206 valence electrons. The van der Waals surface area contributed by atoms with Gasteiger partial charge in [0.25, 0.3) is 5.92 Å². The summed E-state index contributed by atoms with van der Waals surface area (Å²) in [6, 6.07) is 2.85. The largest absolute Gasteiger partial charge is 0.459 e. The van der Waals surface area contributed by atoms with Crippen LogP contribution >= 0.6 is 0 Å². The van der Waals surface area contributed by atoms with Crippen LogP contribution in [-0.4, -0.2) is 63.8 Å². The van der Waals surface area contributed by atoms with E-state index in [1.807, 2.05) is 0 Å². The first-order valence-electron chi connectivity index (χ1n) is 12.8. The van der Waals surface area contributed by atoms with Gasteiger partial charge in [-0.1, -0.05) is 0 Å². The molecule has 1 aliphatic heterocycles. The number of anilines is 1. The molecule has 3 amide bonds. The molecule has 2 aromatic rings. The van der Waals surface area contributed by atoms with Crippen molar-refractivity contribution in [3.05, 3.63) is 29.5 Å². The Bertz CT molecular complexity index is 1280. The van der Waals surface area contributed by atoms with E-state index in [1.54, 1.807) is 43.7 Å². The van der Waals surface area contributed by atoms with E-state index >= 15 is 0 Å². The number of aromatic nitrogens is 1. The standard InChI is InChI=1S/C27H34F2N4O5/c1-16(34)20-13-33(14-24(36)38-26(2,3)4)22-10-17(11-23(35)32-9-5-8-27(28,29)15-32)21(12-19(20)22)31-25(37)30-18-6-7-18/h10,12-13,18H,5-9,11,14-15H2,1-4H3,(H2,30,31,37). The van der Waals surface area contributed by atoms with E-state index < -0.39 is 36.0 Å². The third-order valence-electron chi connectivity index (χ3n) is 6.45. The van der Waals surface area contributed by atoms with Gasteiger partial charge in [-0.05, 0) is 64.7 Å². The van der Waals surface area contributed by atoms with Crippen LogP contribution in [-0.2, 0) is 27.3 Å². The van der Waals surface area contributed by atoms with E-state index in [0.717, 1.165) is 17.7 Å². The first-order valence-corrected chi connectivity index (χ1v) is 12.8. The molecule has 2 fully saturated rings. The molecule has 0 bridgehead atoms. The number of esters is 1. The van der Waals surface area contributed by atoms with Crippen LogP contribution in [0.5, 0.6) is 0 Å². The van der Waals surface area contributed by atoms with E-state index in [-0.39, 0.29) is 44.2 Å². The number of nitrogens with one attached hydrogen (secondary N) is 2. The van der Waals surface area contributed by atoms with Gasteiger partial charge in [0, 0.05) is 47.4 Å². The fraction of sp³-hybridized carbons (Fsp3) is 0.556. The van der Waals surface area contributed by atoms with Crippen molar-refractivity contribution in [3.63, 3.8) is 0 Å². The average Bonchev–Trinajstić information content (AvgIpc) is 3.52. The Hall–Kier alpha value is -3.50. The molecule has 2 N–H and O–H groups in total. The van der Waals surface area contributed by atoms with Gasteiger partial charge in [-0.3, -0.25) is 14.4 Å². The molecule has 1 aromatic heterocycles. The third kappa shape index (κ3) is 6.87. The molecule has 4 rings (SSSR count). The lowest BCUT2D eigenvalue weighted by atomic mass is 10.0. The number of hydrogen-bond acceptors (Lipinski definition) is 5. The summed E-state index contributed by atoms with van der Waals surface area (Å²) in [6.07, 6.45) is 3.00. The molecular formula is C27H34F2N4O5. The zero-order valence-corrected chi connectivity index (χ0v) is 22.2. The van der Waals surface area contributed by atoms with Crippen molar-refractivity contribution in [2.45, 2.75) is 83.9 Å². The molecular weight excluding hydrogens is 498 g/mol. The molecule has 0 atom stereocenters. The second-order valence-electron chi connectivity index (χ2n) is 11.2. The van der Waals surface area contributed by atoms with E-state index in [4.69, 9.17) is 4.74 Å². The topological polar surface area (TPSA) is 110 Å². The second-order valence-corrected chi connectivity index (χ2v) is 11.2. The number of likely N-dealkylation sites (tertiary alicyclic amines) is 1. The highest BCUT2D eigenvalue weighted by Gasteiger charge is 2.37. The summed E-state index contributed by atoms with van der Waals surface area (Å²) in [5, 5.41) is 6.07. The maximum atomic E-state index is 14.0. The average molecular weight is 533 g/mol. The molecule has 1 saturated heterocycles. The second kappa shape index (κ2) is 10.3. The Kier molecular flexibility index (Phi) is 7.49. The number of hydrogen-bond donors (Lipinski definition) is 2. The van der Waals surface area contributed by atoms with Gasteiger partial charge in [0.05, 0.1) is 13.0 Å². The molecule has 9 nitrogen and oxygen atoms in total. The number of piperidine rings is 1. The first-order chi connectivity index (χ1) is 17.7. The Balaban J connectivity index is 1.71. The minimum absolute atomic E-state index is 0.0853. The number of alkyl halides is 2. The lowest BCUT2D eigenvalue weighted by molar-refractivity contribution is -0.155. The Morgan fingerprint density at radius 2 is 1.87 bits per heavy atom. The van der Waals surface area contributed by atoms with Crippen molar-refractivity contribution >= 4 is 40.3 Å². The Morgan fingerprint density at radius 3 is 2.47 bits per heavy atom. The number of rotatable bonds is 7. The number of ketones is 1. The number of halogens is 2. The molecule has 1 saturated carbocycles. The van der Waals surface area contributed by atoms with Crippen molar-refractivity contribution in [2.24, 2.45) is 0 Å². The fourth-order valence-corrected chi connectivity index (χ4v) is 4.59. The van der Waals surface area contributed by atoms with Crippen molar-refractivity contribution in [1.82, 2.24) is 14.8 Å². The van der Waals surface area contributed by atoms with E-state index in [1.165, 1.54) is 6.92 Å². The van der Waals surface area contributed by atoms with Crippen LogP contribution in [0.3, 0.4) is 0 Å².